The van der Waals surface area contributed by atoms with E-state index in [1.54, 1.807) is 0 Å². The predicted octanol–water partition coefficient (Wildman–Crippen LogP) is 2.57. The Hall–Kier alpha value is -2.63. The molecule has 110 valence electrons. The Kier molecular flexibility index (Phi) is 4.71. The monoisotopic (exact) mass is 287 g/mol. The molecule has 0 fully saturated rings. The number of ether oxygens (including phenoxy) is 1. The molecule has 0 atom stereocenters. The van der Waals surface area contributed by atoms with E-state index in [1.807, 2.05) is 38.1 Å². The molecule has 1 aromatic carbocycles. The summed E-state index contributed by atoms with van der Waals surface area (Å²) in [6.07, 6.45) is 2.72. The maximum Gasteiger partial charge on any atom is 0.356 e. The van der Waals surface area contributed by atoms with E-state index in [4.69, 9.17) is 9.84 Å². The minimum atomic E-state index is -1.09. The van der Waals surface area contributed by atoms with Crippen LogP contribution in [0, 0.1) is 0 Å². The van der Waals surface area contributed by atoms with Gasteiger partial charge >= 0.3 is 5.97 Å². The van der Waals surface area contributed by atoms with Gasteiger partial charge in [-0.2, -0.15) is 0 Å². The number of nitrogens with zero attached hydrogens (tertiary/aromatic N) is 2. The highest BCUT2D eigenvalue weighted by molar-refractivity contribution is 5.84. The van der Waals surface area contributed by atoms with Crippen molar-refractivity contribution >= 4 is 11.8 Å². The summed E-state index contributed by atoms with van der Waals surface area (Å²) >= 11 is 0. The summed E-state index contributed by atoms with van der Waals surface area (Å²) in [5, 5.41) is 11.9. The van der Waals surface area contributed by atoms with Crippen molar-refractivity contribution in [3.8, 4) is 5.75 Å². The summed E-state index contributed by atoms with van der Waals surface area (Å²) in [5.74, 6) is 0.235. The summed E-state index contributed by atoms with van der Waals surface area (Å²) in [6, 6.07) is 7.73. The Bertz CT molecular complexity index is 612. The van der Waals surface area contributed by atoms with Gasteiger partial charge in [-0.3, -0.25) is 0 Å². The van der Waals surface area contributed by atoms with Crippen LogP contribution in [-0.4, -0.2) is 27.1 Å². The van der Waals surface area contributed by atoms with Gasteiger partial charge in [0.05, 0.1) is 18.5 Å². The zero-order valence-electron chi connectivity index (χ0n) is 11.9. The lowest BCUT2D eigenvalue weighted by Crippen LogP contribution is -2.10. The van der Waals surface area contributed by atoms with Gasteiger partial charge < -0.3 is 15.2 Å². The first-order chi connectivity index (χ1) is 10.1. The summed E-state index contributed by atoms with van der Waals surface area (Å²) in [5.41, 5.74) is 0.916. The number of para-hydroxylation sites is 1. The molecule has 1 aromatic heterocycles. The van der Waals surface area contributed by atoms with Crippen molar-refractivity contribution in [1.29, 1.82) is 0 Å². The van der Waals surface area contributed by atoms with E-state index in [2.05, 4.69) is 15.3 Å². The van der Waals surface area contributed by atoms with E-state index in [-0.39, 0.29) is 11.8 Å². The number of carbonyl (C=O) groups is 1. The van der Waals surface area contributed by atoms with Gasteiger partial charge in [-0.1, -0.05) is 18.2 Å². The van der Waals surface area contributed by atoms with E-state index < -0.39 is 5.97 Å². The van der Waals surface area contributed by atoms with Crippen molar-refractivity contribution in [2.75, 3.05) is 5.32 Å². The van der Waals surface area contributed by atoms with Crippen LogP contribution in [0.25, 0.3) is 0 Å². The Morgan fingerprint density at radius 1 is 1.29 bits per heavy atom. The van der Waals surface area contributed by atoms with Crippen molar-refractivity contribution in [2.45, 2.75) is 26.5 Å². The fourth-order valence-electron chi connectivity index (χ4n) is 1.73. The molecule has 0 aliphatic rings. The zero-order chi connectivity index (χ0) is 15.2. The molecule has 0 spiro atoms. The molecule has 0 aliphatic carbocycles. The summed E-state index contributed by atoms with van der Waals surface area (Å²) < 4.78 is 5.73. The lowest BCUT2D eigenvalue weighted by Gasteiger charge is -2.14. The predicted molar refractivity (Wildman–Crippen MR) is 78.5 cm³/mol. The van der Waals surface area contributed by atoms with E-state index in [0.717, 1.165) is 11.3 Å². The lowest BCUT2D eigenvalue weighted by atomic mass is 10.2. The van der Waals surface area contributed by atoms with Gasteiger partial charge in [0.1, 0.15) is 11.6 Å². The standard InChI is InChI=1S/C15H17N3O3/c1-10(2)21-13-6-4-3-5-11(13)7-17-14-9-16-12(8-18-14)15(19)20/h3-6,8-10H,7H2,1-2H3,(H,17,18)(H,19,20). The van der Waals surface area contributed by atoms with Gasteiger partial charge in [-0.25, -0.2) is 14.8 Å². The lowest BCUT2D eigenvalue weighted by molar-refractivity contribution is 0.0690. The average Bonchev–Trinajstić information content (AvgIpc) is 2.46. The first-order valence-electron chi connectivity index (χ1n) is 6.60. The SMILES string of the molecule is CC(C)Oc1ccccc1CNc1cnc(C(=O)O)cn1. The van der Waals surface area contributed by atoms with Gasteiger partial charge in [0, 0.05) is 12.1 Å². The summed E-state index contributed by atoms with van der Waals surface area (Å²) in [4.78, 5) is 18.5. The molecule has 0 unspecified atom stereocenters. The molecule has 2 rings (SSSR count). The van der Waals surface area contributed by atoms with Crippen molar-refractivity contribution < 1.29 is 14.6 Å². The highest BCUT2D eigenvalue weighted by Gasteiger charge is 2.07. The Morgan fingerprint density at radius 3 is 2.67 bits per heavy atom. The molecule has 1 heterocycles. The molecule has 6 nitrogen and oxygen atoms in total. The number of benzene rings is 1. The minimum Gasteiger partial charge on any atom is -0.491 e. The van der Waals surface area contributed by atoms with E-state index in [1.165, 1.54) is 12.4 Å². The molecule has 0 radical (unpaired) electrons. The molecule has 0 saturated heterocycles. The van der Waals surface area contributed by atoms with Crippen LogP contribution in [0.4, 0.5) is 5.82 Å². The van der Waals surface area contributed by atoms with Gasteiger partial charge in [0.2, 0.25) is 0 Å². The second-order valence-corrected chi connectivity index (χ2v) is 4.72. The zero-order valence-corrected chi connectivity index (χ0v) is 11.9. The van der Waals surface area contributed by atoms with Crippen LogP contribution < -0.4 is 10.1 Å². The van der Waals surface area contributed by atoms with Crippen LogP contribution in [0.15, 0.2) is 36.7 Å². The molecule has 21 heavy (non-hydrogen) atoms. The number of aromatic carboxylic acids is 1. The number of hydrogen-bond acceptors (Lipinski definition) is 5. The van der Waals surface area contributed by atoms with Gasteiger partial charge in [0.15, 0.2) is 5.69 Å². The van der Waals surface area contributed by atoms with Crippen LogP contribution in [0.2, 0.25) is 0 Å². The molecule has 6 heteroatoms. The highest BCUT2D eigenvalue weighted by Crippen LogP contribution is 2.20. The van der Waals surface area contributed by atoms with Crippen LogP contribution >= 0.6 is 0 Å². The third-order valence-corrected chi connectivity index (χ3v) is 2.67. The van der Waals surface area contributed by atoms with Crippen molar-refractivity contribution in [2.24, 2.45) is 0 Å². The van der Waals surface area contributed by atoms with Gasteiger partial charge in [0.25, 0.3) is 0 Å². The third kappa shape index (κ3) is 4.17. The number of aromatic nitrogens is 2. The van der Waals surface area contributed by atoms with Crippen molar-refractivity contribution in [3.63, 3.8) is 0 Å². The number of anilines is 1. The molecule has 2 aromatic rings. The first kappa shape index (κ1) is 14.8. The Balaban J connectivity index is 2.04. The van der Waals surface area contributed by atoms with E-state index in [9.17, 15) is 4.79 Å². The maximum atomic E-state index is 10.7. The fraction of sp³-hybridized carbons (Fsp3) is 0.267. The topological polar surface area (TPSA) is 84.3 Å². The molecule has 0 amide bonds. The molecular formula is C15H17N3O3. The van der Waals surface area contributed by atoms with Crippen LogP contribution in [0.1, 0.15) is 29.9 Å². The number of nitrogens with one attached hydrogen (secondary N) is 1. The number of rotatable bonds is 6. The van der Waals surface area contributed by atoms with Crippen LogP contribution in [-0.2, 0) is 6.54 Å². The smallest absolute Gasteiger partial charge is 0.356 e. The quantitative estimate of drug-likeness (QED) is 0.849. The number of hydrogen-bond donors (Lipinski definition) is 2. The van der Waals surface area contributed by atoms with Crippen molar-refractivity contribution in [3.05, 3.63) is 47.9 Å². The Morgan fingerprint density at radius 2 is 2.05 bits per heavy atom. The molecular weight excluding hydrogens is 270 g/mol. The number of carboxylic acids is 1. The first-order valence-corrected chi connectivity index (χ1v) is 6.60. The van der Waals surface area contributed by atoms with Crippen molar-refractivity contribution in [1.82, 2.24) is 9.97 Å². The van der Waals surface area contributed by atoms with Gasteiger partial charge in [-0.05, 0) is 19.9 Å². The average molecular weight is 287 g/mol. The highest BCUT2D eigenvalue weighted by atomic mass is 16.5. The van der Waals surface area contributed by atoms with Crippen LogP contribution in [0.3, 0.4) is 0 Å². The second-order valence-electron chi connectivity index (χ2n) is 4.72. The largest absolute Gasteiger partial charge is 0.491 e. The summed E-state index contributed by atoms with van der Waals surface area (Å²) in [7, 11) is 0. The molecule has 0 saturated carbocycles. The maximum absolute atomic E-state index is 10.7. The van der Waals surface area contributed by atoms with E-state index >= 15 is 0 Å². The van der Waals surface area contributed by atoms with Gasteiger partial charge in [-0.15, -0.1) is 0 Å². The normalized spacial score (nSPS) is 10.4. The third-order valence-electron chi connectivity index (χ3n) is 2.67. The molecule has 0 aliphatic heterocycles. The second kappa shape index (κ2) is 6.69. The fourth-order valence-corrected chi connectivity index (χ4v) is 1.73. The Labute approximate surface area is 122 Å². The molecule has 0 bridgehead atoms. The summed E-state index contributed by atoms with van der Waals surface area (Å²) in [6.45, 7) is 4.46. The minimum absolute atomic E-state index is 0.0795. The van der Waals surface area contributed by atoms with Crippen LogP contribution in [0.5, 0.6) is 5.75 Å². The van der Waals surface area contributed by atoms with E-state index in [0.29, 0.717) is 12.4 Å². The molecule has 2 N–H and O–H groups in total. The number of carboxylic acid groups (broad SMARTS) is 1.